The highest BCUT2D eigenvalue weighted by molar-refractivity contribution is 6.02. The van der Waals surface area contributed by atoms with E-state index < -0.39 is 5.97 Å². The SMILES string of the molecule is O=C(O)c1ccc2c(c1)C(=O)CC(c1ccccc1)O2. The van der Waals surface area contributed by atoms with Gasteiger partial charge in [0.05, 0.1) is 17.5 Å². The van der Waals surface area contributed by atoms with Crippen LogP contribution < -0.4 is 4.74 Å². The molecule has 100 valence electrons. The highest BCUT2D eigenvalue weighted by Gasteiger charge is 2.28. The number of carboxylic acid groups (broad SMARTS) is 1. The first kappa shape index (κ1) is 12.4. The number of fused-ring (bicyclic) bond motifs is 1. The van der Waals surface area contributed by atoms with Crippen LogP contribution in [0.15, 0.2) is 48.5 Å². The summed E-state index contributed by atoms with van der Waals surface area (Å²) in [6.07, 6.45) is -0.0908. The van der Waals surface area contributed by atoms with E-state index in [0.29, 0.717) is 11.3 Å². The minimum atomic E-state index is -1.05. The van der Waals surface area contributed by atoms with E-state index in [1.165, 1.54) is 12.1 Å². The number of ketones is 1. The number of rotatable bonds is 2. The summed E-state index contributed by atoms with van der Waals surface area (Å²) in [6.45, 7) is 0. The topological polar surface area (TPSA) is 63.6 Å². The Balaban J connectivity index is 1.96. The third-order valence-electron chi connectivity index (χ3n) is 3.34. The summed E-state index contributed by atoms with van der Waals surface area (Å²) in [5.74, 6) is -0.700. The Bertz CT molecular complexity index is 676. The Hall–Kier alpha value is -2.62. The molecule has 0 amide bonds. The van der Waals surface area contributed by atoms with Crippen molar-refractivity contribution in [3.63, 3.8) is 0 Å². The lowest BCUT2D eigenvalue weighted by Gasteiger charge is -2.25. The zero-order valence-electron chi connectivity index (χ0n) is 10.6. The van der Waals surface area contributed by atoms with E-state index in [1.54, 1.807) is 6.07 Å². The third kappa shape index (κ3) is 2.16. The highest BCUT2D eigenvalue weighted by Crippen LogP contribution is 2.35. The molecular weight excluding hydrogens is 256 g/mol. The average Bonchev–Trinajstić information content (AvgIpc) is 2.47. The van der Waals surface area contributed by atoms with Crippen LogP contribution in [0.2, 0.25) is 0 Å². The maximum Gasteiger partial charge on any atom is 0.335 e. The van der Waals surface area contributed by atoms with Crippen molar-refractivity contribution in [3.05, 3.63) is 65.2 Å². The van der Waals surface area contributed by atoms with Crippen molar-refractivity contribution in [3.8, 4) is 5.75 Å². The van der Waals surface area contributed by atoms with Gasteiger partial charge >= 0.3 is 5.97 Å². The molecule has 0 aromatic heterocycles. The van der Waals surface area contributed by atoms with Gasteiger partial charge in [0.25, 0.3) is 0 Å². The van der Waals surface area contributed by atoms with Crippen molar-refractivity contribution in [2.75, 3.05) is 0 Å². The van der Waals surface area contributed by atoms with Crippen LogP contribution in [0, 0.1) is 0 Å². The first-order chi connectivity index (χ1) is 9.65. The molecule has 0 bridgehead atoms. The fourth-order valence-corrected chi connectivity index (χ4v) is 2.31. The summed E-state index contributed by atoms with van der Waals surface area (Å²) in [6, 6.07) is 13.9. The smallest absolute Gasteiger partial charge is 0.335 e. The predicted octanol–water partition coefficient (Wildman–Crippen LogP) is 3.09. The summed E-state index contributed by atoms with van der Waals surface area (Å²) < 4.78 is 5.81. The van der Waals surface area contributed by atoms with Gasteiger partial charge < -0.3 is 9.84 Å². The van der Waals surface area contributed by atoms with Crippen molar-refractivity contribution in [1.29, 1.82) is 0 Å². The Kier molecular flexibility index (Phi) is 2.99. The number of carbonyl (C=O) groups excluding carboxylic acids is 1. The van der Waals surface area contributed by atoms with Crippen molar-refractivity contribution >= 4 is 11.8 Å². The molecule has 0 saturated carbocycles. The van der Waals surface area contributed by atoms with Gasteiger partial charge in [-0.25, -0.2) is 4.79 Å². The number of hydrogen-bond donors (Lipinski definition) is 1. The number of hydrogen-bond acceptors (Lipinski definition) is 3. The maximum atomic E-state index is 12.2. The van der Waals surface area contributed by atoms with Crippen LogP contribution in [0.25, 0.3) is 0 Å². The van der Waals surface area contributed by atoms with E-state index in [4.69, 9.17) is 9.84 Å². The van der Waals surface area contributed by atoms with Crippen molar-refractivity contribution in [2.45, 2.75) is 12.5 Å². The van der Waals surface area contributed by atoms with Gasteiger partial charge in [-0.3, -0.25) is 4.79 Å². The molecule has 2 aromatic rings. The van der Waals surface area contributed by atoms with Crippen LogP contribution in [-0.2, 0) is 0 Å². The number of Topliss-reactive ketones (excluding diaryl/α,β-unsaturated/α-hetero) is 1. The van der Waals surface area contributed by atoms with E-state index >= 15 is 0 Å². The molecule has 4 nitrogen and oxygen atoms in total. The number of carbonyl (C=O) groups is 2. The van der Waals surface area contributed by atoms with Gasteiger partial charge in [-0.05, 0) is 23.8 Å². The molecule has 20 heavy (non-hydrogen) atoms. The molecule has 0 radical (unpaired) electrons. The Morgan fingerprint density at radius 1 is 1.15 bits per heavy atom. The summed E-state index contributed by atoms with van der Waals surface area (Å²) in [5, 5.41) is 8.95. The van der Waals surface area contributed by atoms with Gasteiger partial charge in [-0.2, -0.15) is 0 Å². The Morgan fingerprint density at radius 2 is 1.90 bits per heavy atom. The minimum Gasteiger partial charge on any atom is -0.484 e. The largest absolute Gasteiger partial charge is 0.484 e. The molecule has 1 unspecified atom stereocenters. The van der Waals surface area contributed by atoms with Gasteiger partial charge in [0, 0.05) is 0 Å². The van der Waals surface area contributed by atoms with Gasteiger partial charge in [-0.15, -0.1) is 0 Å². The van der Waals surface area contributed by atoms with Crippen LogP contribution in [0.4, 0.5) is 0 Å². The molecule has 1 N–H and O–H groups in total. The van der Waals surface area contributed by atoms with Crippen molar-refractivity contribution in [1.82, 2.24) is 0 Å². The third-order valence-corrected chi connectivity index (χ3v) is 3.34. The molecule has 4 heteroatoms. The first-order valence-corrected chi connectivity index (χ1v) is 6.27. The zero-order chi connectivity index (χ0) is 14.1. The number of ether oxygens (including phenoxy) is 1. The van der Waals surface area contributed by atoms with E-state index in [9.17, 15) is 9.59 Å². The summed E-state index contributed by atoms with van der Waals surface area (Å²) in [7, 11) is 0. The van der Waals surface area contributed by atoms with Gasteiger partial charge in [0.1, 0.15) is 11.9 Å². The summed E-state index contributed by atoms with van der Waals surface area (Å²) in [5.41, 5.74) is 1.38. The van der Waals surface area contributed by atoms with Gasteiger partial charge in [0.15, 0.2) is 5.78 Å². The standard InChI is InChI=1S/C16H12O4/c17-13-9-15(10-4-2-1-3-5-10)20-14-7-6-11(16(18)19)8-12(13)14/h1-8,15H,9H2,(H,18,19). The lowest BCUT2D eigenvalue weighted by molar-refractivity contribution is 0.0696. The number of carboxylic acids is 1. The van der Waals surface area contributed by atoms with E-state index in [0.717, 1.165) is 5.56 Å². The van der Waals surface area contributed by atoms with Crippen molar-refractivity contribution in [2.24, 2.45) is 0 Å². The molecular formula is C16H12O4. The second-order valence-corrected chi connectivity index (χ2v) is 4.66. The second kappa shape index (κ2) is 4.81. The highest BCUT2D eigenvalue weighted by atomic mass is 16.5. The van der Waals surface area contributed by atoms with Crippen molar-refractivity contribution < 1.29 is 19.4 Å². The monoisotopic (exact) mass is 268 g/mol. The molecule has 2 aromatic carbocycles. The lowest BCUT2D eigenvalue weighted by Crippen LogP contribution is -2.20. The molecule has 0 saturated heterocycles. The fourth-order valence-electron chi connectivity index (χ4n) is 2.31. The number of benzene rings is 2. The van der Waals surface area contributed by atoms with Crippen LogP contribution in [-0.4, -0.2) is 16.9 Å². The maximum absolute atomic E-state index is 12.2. The fraction of sp³-hybridized carbons (Fsp3) is 0.125. The molecule has 1 aliphatic rings. The van der Waals surface area contributed by atoms with Gasteiger partial charge in [0.2, 0.25) is 0 Å². The molecule has 1 heterocycles. The lowest BCUT2D eigenvalue weighted by atomic mass is 9.95. The Labute approximate surface area is 115 Å². The second-order valence-electron chi connectivity index (χ2n) is 4.66. The molecule has 1 aliphatic heterocycles. The van der Waals surface area contributed by atoms with E-state index in [2.05, 4.69) is 0 Å². The average molecular weight is 268 g/mol. The molecule has 0 spiro atoms. The number of aromatic carboxylic acids is 1. The minimum absolute atomic E-state index is 0.0943. The van der Waals surface area contributed by atoms with E-state index in [1.807, 2.05) is 30.3 Å². The zero-order valence-corrected chi connectivity index (χ0v) is 10.6. The first-order valence-electron chi connectivity index (χ1n) is 6.27. The summed E-state index contributed by atoms with van der Waals surface area (Å²) >= 11 is 0. The quantitative estimate of drug-likeness (QED) is 0.909. The summed E-state index contributed by atoms with van der Waals surface area (Å²) in [4.78, 5) is 23.1. The predicted molar refractivity (Wildman–Crippen MR) is 72.2 cm³/mol. The Morgan fingerprint density at radius 3 is 2.60 bits per heavy atom. The van der Waals surface area contributed by atoms with Crippen LogP contribution >= 0.6 is 0 Å². The molecule has 0 aliphatic carbocycles. The normalized spacial score (nSPS) is 17.2. The molecule has 1 atom stereocenters. The molecule has 0 fully saturated rings. The van der Waals surface area contributed by atoms with Crippen LogP contribution in [0.5, 0.6) is 5.75 Å². The van der Waals surface area contributed by atoms with Crippen LogP contribution in [0.1, 0.15) is 38.8 Å². The van der Waals surface area contributed by atoms with Crippen LogP contribution in [0.3, 0.4) is 0 Å². The molecule has 3 rings (SSSR count). The van der Waals surface area contributed by atoms with E-state index in [-0.39, 0.29) is 23.9 Å². The van der Waals surface area contributed by atoms with Gasteiger partial charge in [-0.1, -0.05) is 30.3 Å².